The van der Waals surface area contributed by atoms with Crippen molar-refractivity contribution in [3.8, 4) is 11.5 Å². The third-order valence-corrected chi connectivity index (χ3v) is 3.84. The molecule has 1 unspecified atom stereocenters. The number of ether oxygens (including phenoxy) is 3. The third-order valence-electron chi connectivity index (χ3n) is 2.77. The van der Waals surface area contributed by atoms with Gasteiger partial charge >= 0.3 is 5.97 Å². The molecule has 1 aromatic carbocycles. The van der Waals surface area contributed by atoms with Crippen molar-refractivity contribution in [2.75, 3.05) is 13.2 Å². The van der Waals surface area contributed by atoms with Crippen LogP contribution in [0.15, 0.2) is 23.1 Å². The number of hydrogen-bond donors (Lipinski definition) is 0. The number of fused-ring (bicyclic) bond motifs is 1. The van der Waals surface area contributed by atoms with Crippen LogP contribution in [0.5, 0.6) is 11.5 Å². The van der Waals surface area contributed by atoms with Crippen molar-refractivity contribution in [2.45, 2.75) is 49.9 Å². The molecule has 0 spiro atoms. The second-order valence-electron chi connectivity index (χ2n) is 5.95. The summed E-state index contributed by atoms with van der Waals surface area (Å²) in [6, 6.07) is 5.76. The van der Waals surface area contributed by atoms with E-state index < -0.39 is 5.60 Å². The summed E-state index contributed by atoms with van der Waals surface area (Å²) in [6.07, 6.45) is 0.880. The second kappa shape index (κ2) is 6.60. The molecule has 1 aromatic rings. The van der Waals surface area contributed by atoms with Gasteiger partial charge in [0.15, 0.2) is 11.5 Å². The van der Waals surface area contributed by atoms with Gasteiger partial charge in [-0.3, -0.25) is 4.79 Å². The van der Waals surface area contributed by atoms with E-state index >= 15 is 0 Å². The zero-order chi connectivity index (χ0) is 15.5. The van der Waals surface area contributed by atoms with Crippen molar-refractivity contribution in [1.29, 1.82) is 0 Å². The zero-order valence-electron chi connectivity index (χ0n) is 13.0. The van der Waals surface area contributed by atoms with Gasteiger partial charge in [-0.15, -0.1) is 11.8 Å². The van der Waals surface area contributed by atoms with E-state index in [9.17, 15) is 4.79 Å². The SMILES string of the molecule is CC(Sc1ccc2c(c1)OCCCO2)C(=O)OC(C)(C)C. The highest BCUT2D eigenvalue weighted by Gasteiger charge is 2.23. The fourth-order valence-corrected chi connectivity index (χ4v) is 2.73. The Labute approximate surface area is 130 Å². The Morgan fingerprint density at radius 3 is 2.57 bits per heavy atom. The van der Waals surface area contributed by atoms with E-state index in [1.807, 2.05) is 45.9 Å². The summed E-state index contributed by atoms with van der Waals surface area (Å²) in [5.41, 5.74) is -0.462. The van der Waals surface area contributed by atoms with E-state index in [0.717, 1.165) is 22.8 Å². The van der Waals surface area contributed by atoms with Crippen LogP contribution in [0.4, 0.5) is 0 Å². The number of rotatable bonds is 3. The molecule has 0 fully saturated rings. The molecular formula is C16H22O4S. The fraction of sp³-hybridized carbons (Fsp3) is 0.562. The molecule has 1 heterocycles. The van der Waals surface area contributed by atoms with Gasteiger partial charge in [-0.05, 0) is 45.9 Å². The molecule has 0 amide bonds. The van der Waals surface area contributed by atoms with Crippen LogP contribution in [-0.4, -0.2) is 30.0 Å². The average molecular weight is 310 g/mol. The van der Waals surface area contributed by atoms with Crippen LogP contribution < -0.4 is 9.47 Å². The van der Waals surface area contributed by atoms with Gasteiger partial charge in [-0.1, -0.05) is 0 Å². The maximum atomic E-state index is 12.0. The standard InChI is InChI=1S/C16H22O4S/c1-11(15(17)20-16(2,3)4)21-12-6-7-13-14(10-12)19-9-5-8-18-13/h6-7,10-11H,5,8-9H2,1-4H3. The molecular weight excluding hydrogens is 288 g/mol. The van der Waals surface area contributed by atoms with Crippen LogP contribution >= 0.6 is 11.8 Å². The summed E-state index contributed by atoms with van der Waals surface area (Å²) >= 11 is 1.46. The topological polar surface area (TPSA) is 44.8 Å². The second-order valence-corrected chi connectivity index (χ2v) is 7.37. The summed E-state index contributed by atoms with van der Waals surface area (Å²) in [6.45, 7) is 8.79. The van der Waals surface area contributed by atoms with Gasteiger partial charge < -0.3 is 14.2 Å². The highest BCUT2D eigenvalue weighted by molar-refractivity contribution is 8.00. The van der Waals surface area contributed by atoms with Gasteiger partial charge in [0.1, 0.15) is 10.9 Å². The quantitative estimate of drug-likeness (QED) is 0.629. The molecule has 0 aliphatic carbocycles. The fourth-order valence-electron chi connectivity index (χ4n) is 1.85. The molecule has 2 rings (SSSR count). The van der Waals surface area contributed by atoms with E-state index in [1.54, 1.807) is 0 Å². The Morgan fingerprint density at radius 2 is 1.90 bits per heavy atom. The number of esters is 1. The monoisotopic (exact) mass is 310 g/mol. The maximum absolute atomic E-state index is 12.0. The summed E-state index contributed by atoms with van der Waals surface area (Å²) < 4.78 is 16.6. The van der Waals surface area contributed by atoms with Gasteiger partial charge in [-0.25, -0.2) is 0 Å². The molecule has 5 heteroatoms. The number of benzene rings is 1. The largest absolute Gasteiger partial charge is 0.490 e. The predicted octanol–water partition coefficient (Wildman–Crippen LogP) is 3.67. The Morgan fingerprint density at radius 1 is 1.24 bits per heavy atom. The number of carbonyl (C=O) groups excluding carboxylic acids is 1. The first-order valence-electron chi connectivity index (χ1n) is 7.14. The molecule has 1 aliphatic heterocycles. The molecule has 0 N–H and O–H groups in total. The highest BCUT2D eigenvalue weighted by Crippen LogP contribution is 2.35. The Bertz CT molecular complexity index is 507. The molecule has 0 radical (unpaired) electrons. The van der Waals surface area contributed by atoms with Crippen molar-refractivity contribution in [3.05, 3.63) is 18.2 Å². The van der Waals surface area contributed by atoms with E-state index in [0.29, 0.717) is 13.2 Å². The lowest BCUT2D eigenvalue weighted by Crippen LogP contribution is -2.28. The molecule has 0 bridgehead atoms. The zero-order valence-corrected chi connectivity index (χ0v) is 13.8. The van der Waals surface area contributed by atoms with Gasteiger partial charge in [0.2, 0.25) is 0 Å². The van der Waals surface area contributed by atoms with Gasteiger partial charge in [0.05, 0.1) is 13.2 Å². The van der Waals surface area contributed by atoms with Crippen LogP contribution in [0.1, 0.15) is 34.1 Å². The van der Waals surface area contributed by atoms with Crippen LogP contribution in [0, 0.1) is 0 Å². The predicted molar refractivity (Wildman–Crippen MR) is 83.2 cm³/mol. The number of thioether (sulfide) groups is 1. The van der Waals surface area contributed by atoms with Crippen LogP contribution in [0.25, 0.3) is 0 Å². The Hall–Kier alpha value is -1.36. The number of carbonyl (C=O) groups is 1. The first-order valence-corrected chi connectivity index (χ1v) is 8.02. The molecule has 0 saturated heterocycles. The Kier molecular flexibility index (Phi) is 5.04. The summed E-state index contributed by atoms with van der Waals surface area (Å²) in [5.74, 6) is 1.30. The van der Waals surface area contributed by atoms with Gasteiger partial charge in [0.25, 0.3) is 0 Å². The molecule has 21 heavy (non-hydrogen) atoms. The van der Waals surface area contributed by atoms with Crippen molar-refractivity contribution < 1.29 is 19.0 Å². The van der Waals surface area contributed by atoms with Crippen LogP contribution in [-0.2, 0) is 9.53 Å². The van der Waals surface area contributed by atoms with Crippen molar-refractivity contribution in [3.63, 3.8) is 0 Å². The van der Waals surface area contributed by atoms with E-state index in [1.165, 1.54) is 11.8 Å². The van der Waals surface area contributed by atoms with Crippen LogP contribution in [0.2, 0.25) is 0 Å². The molecule has 116 valence electrons. The van der Waals surface area contributed by atoms with Crippen molar-refractivity contribution in [2.24, 2.45) is 0 Å². The average Bonchev–Trinajstić information content (AvgIpc) is 2.61. The van der Waals surface area contributed by atoms with Crippen molar-refractivity contribution in [1.82, 2.24) is 0 Å². The van der Waals surface area contributed by atoms with E-state index in [-0.39, 0.29) is 11.2 Å². The lowest BCUT2D eigenvalue weighted by atomic mass is 10.2. The van der Waals surface area contributed by atoms with Crippen LogP contribution in [0.3, 0.4) is 0 Å². The minimum atomic E-state index is -0.462. The lowest BCUT2D eigenvalue weighted by molar-refractivity contribution is -0.153. The highest BCUT2D eigenvalue weighted by atomic mass is 32.2. The first-order chi connectivity index (χ1) is 9.85. The van der Waals surface area contributed by atoms with Crippen molar-refractivity contribution >= 4 is 17.7 Å². The maximum Gasteiger partial charge on any atom is 0.319 e. The third kappa shape index (κ3) is 4.84. The molecule has 1 aliphatic rings. The first kappa shape index (κ1) is 16.0. The summed E-state index contributed by atoms with van der Waals surface area (Å²) in [5, 5.41) is -0.269. The van der Waals surface area contributed by atoms with Gasteiger partial charge in [-0.2, -0.15) is 0 Å². The molecule has 0 aromatic heterocycles. The Balaban J connectivity index is 2.02. The van der Waals surface area contributed by atoms with E-state index in [4.69, 9.17) is 14.2 Å². The van der Waals surface area contributed by atoms with Gasteiger partial charge in [0, 0.05) is 11.3 Å². The summed E-state index contributed by atoms with van der Waals surface area (Å²) in [4.78, 5) is 13.0. The molecule has 0 saturated carbocycles. The minimum Gasteiger partial charge on any atom is -0.490 e. The summed E-state index contributed by atoms with van der Waals surface area (Å²) in [7, 11) is 0. The minimum absolute atomic E-state index is 0.209. The normalized spacial score (nSPS) is 16.0. The van der Waals surface area contributed by atoms with E-state index in [2.05, 4.69) is 0 Å². The molecule has 1 atom stereocenters. The smallest absolute Gasteiger partial charge is 0.319 e. The lowest BCUT2D eigenvalue weighted by Gasteiger charge is -2.22. The molecule has 4 nitrogen and oxygen atoms in total. The number of hydrogen-bond acceptors (Lipinski definition) is 5.